The highest BCUT2D eigenvalue weighted by atomic mass is 16.4. The number of unbranched alkanes of at least 4 members (excludes halogenated alkanes) is 4. The molecular weight excluding hydrogens is 248 g/mol. The van der Waals surface area contributed by atoms with Crippen molar-refractivity contribution >= 4 is 5.97 Å². The van der Waals surface area contributed by atoms with E-state index in [2.05, 4.69) is 25.2 Å². The zero-order chi connectivity index (χ0) is 15.5. The molecule has 0 aromatic rings. The molecule has 0 aromatic heterocycles. The van der Waals surface area contributed by atoms with Crippen LogP contribution in [0.3, 0.4) is 0 Å². The fourth-order valence-corrected chi connectivity index (χ4v) is 2.88. The Morgan fingerprint density at radius 1 is 1.30 bits per heavy atom. The molecule has 1 rings (SSSR count). The second-order valence-corrected chi connectivity index (χ2v) is 5.82. The molecule has 0 aliphatic heterocycles. The molecular formula is C18H30O2. The first-order chi connectivity index (χ1) is 10.1. The van der Waals surface area contributed by atoms with E-state index in [4.69, 9.17) is 6.48 Å². The fourth-order valence-electron chi connectivity index (χ4n) is 2.88. The predicted molar refractivity (Wildman–Crippen MR) is 84.7 cm³/mol. The molecule has 0 saturated heterocycles. The maximum Gasteiger partial charge on any atom is 0.303 e. The van der Waals surface area contributed by atoms with E-state index < -0.39 is 5.97 Å². The van der Waals surface area contributed by atoms with Gasteiger partial charge in [0.1, 0.15) is 0 Å². The van der Waals surface area contributed by atoms with Gasteiger partial charge in [-0.25, -0.2) is 0 Å². The van der Waals surface area contributed by atoms with E-state index in [1.165, 1.54) is 12.8 Å². The van der Waals surface area contributed by atoms with Crippen LogP contribution >= 0.6 is 0 Å². The van der Waals surface area contributed by atoms with Gasteiger partial charge in [-0.1, -0.05) is 50.5 Å². The summed E-state index contributed by atoms with van der Waals surface area (Å²) in [5.41, 5.74) is 0. The second-order valence-electron chi connectivity index (χ2n) is 5.82. The third kappa shape index (κ3) is 7.52. The first-order valence-corrected chi connectivity index (χ1v) is 8.18. The van der Waals surface area contributed by atoms with Gasteiger partial charge in [-0.15, -0.1) is 0 Å². The SMILES string of the molecule is [2H]/C(=C\CCCCCCC(=O)O)C1CC=CCC1CCC. The van der Waals surface area contributed by atoms with Crippen molar-refractivity contribution in [2.24, 2.45) is 11.8 Å². The first-order valence-electron chi connectivity index (χ1n) is 8.68. The number of carboxylic acid groups (broad SMARTS) is 1. The Morgan fingerprint density at radius 2 is 2.05 bits per heavy atom. The zero-order valence-electron chi connectivity index (χ0n) is 13.8. The van der Waals surface area contributed by atoms with Crippen LogP contribution in [-0.2, 0) is 4.79 Å². The molecule has 2 unspecified atom stereocenters. The minimum atomic E-state index is -0.698. The van der Waals surface area contributed by atoms with E-state index in [0.717, 1.165) is 51.0 Å². The molecule has 114 valence electrons. The summed E-state index contributed by atoms with van der Waals surface area (Å²) >= 11 is 0. The third-order valence-corrected chi connectivity index (χ3v) is 4.05. The highest BCUT2D eigenvalue weighted by molar-refractivity contribution is 5.66. The monoisotopic (exact) mass is 279 g/mol. The lowest BCUT2D eigenvalue weighted by Gasteiger charge is -2.25. The predicted octanol–water partition coefficient (Wildman–Crippen LogP) is 5.35. The molecule has 0 radical (unpaired) electrons. The van der Waals surface area contributed by atoms with Crippen LogP contribution in [0, 0.1) is 11.8 Å². The summed E-state index contributed by atoms with van der Waals surface area (Å²) in [4.78, 5) is 10.4. The number of hydrogen-bond acceptors (Lipinski definition) is 1. The molecule has 0 spiro atoms. The van der Waals surface area contributed by atoms with E-state index in [1.807, 2.05) is 0 Å². The molecule has 1 aliphatic carbocycles. The molecule has 0 heterocycles. The lowest BCUT2D eigenvalue weighted by atomic mass is 9.80. The van der Waals surface area contributed by atoms with Crippen LogP contribution in [0.25, 0.3) is 0 Å². The van der Waals surface area contributed by atoms with Gasteiger partial charge in [0.25, 0.3) is 0 Å². The Hall–Kier alpha value is -1.05. The summed E-state index contributed by atoms with van der Waals surface area (Å²) in [6, 6.07) is 0.823. The van der Waals surface area contributed by atoms with E-state index in [9.17, 15) is 4.79 Å². The van der Waals surface area contributed by atoms with E-state index in [1.54, 1.807) is 0 Å². The molecule has 20 heavy (non-hydrogen) atoms. The molecule has 1 aliphatic rings. The van der Waals surface area contributed by atoms with Crippen LogP contribution in [0.2, 0.25) is 0 Å². The minimum absolute atomic E-state index is 0.284. The van der Waals surface area contributed by atoms with Crippen molar-refractivity contribution in [1.82, 2.24) is 0 Å². The summed E-state index contributed by atoms with van der Waals surface area (Å²) < 4.78 is 8.30. The summed E-state index contributed by atoms with van der Waals surface area (Å²) in [5.74, 6) is 0.372. The number of carboxylic acids is 1. The normalized spacial score (nSPS) is 23.6. The summed E-state index contributed by atoms with van der Waals surface area (Å²) in [6.45, 7) is 2.22. The lowest BCUT2D eigenvalue weighted by molar-refractivity contribution is -0.137. The average molecular weight is 279 g/mol. The standard InChI is InChI=1S/C18H30O2/c1-2-11-16-13-9-10-14-17(16)12-7-5-3-4-6-8-15-18(19)20/h7,9-10,12,16-17H,2-6,8,11,13-15H2,1H3,(H,19,20)/b12-7+/i12D. The van der Waals surface area contributed by atoms with Gasteiger partial charge in [0.2, 0.25) is 0 Å². The van der Waals surface area contributed by atoms with Crippen molar-refractivity contribution in [1.29, 1.82) is 0 Å². The van der Waals surface area contributed by atoms with Crippen LogP contribution in [0.4, 0.5) is 0 Å². The Bertz CT molecular complexity index is 360. The Morgan fingerprint density at radius 3 is 2.80 bits per heavy atom. The summed E-state index contributed by atoms with van der Waals surface area (Å²) in [7, 11) is 0. The third-order valence-electron chi connectivity index (χ3n) is 4.05. The van der Waals surface area contributed by atoms with Gasteiger partial charge in [0, 0.05) is 6.42 Å². The molecule has 1 N–H and O–H groups in total. The number of aliphatic carboxylic acids is 1. The summed E-state index contributed by atoms with van der Waals surface area (Å²) in [6.07, 6.45) is 16.3. The molecule has 2 nitrogen and oxygen atoms in total. The Kier molecular flexibility index (Phi) is 8.21. The van der Waals surface area contributed by atoms with Gasteiger partial charge < -0.3 is 5.11 Å². The van der Waals surface area contributed by atoms with Crippen molar-refractivity contribution < 1.29 is 11.3 Å². The van der Waals surface area contributed by atoms with Crippen molar-refractivity contribution in [3.05, 3.63) is 24.3 Å². The van der Waals surface area contributed by atoms with E-state index >= 15 is 0 Å². The molecule has 0 amide bonds. The molecule has 0 aromatic carbocycles. The fraction of sp³-hybridized carbons (Fsp3) is 0.722. The summed E-state index contributed by atoms with van der Waals surface area (Å²) in [5, 5.41) is 8.56. The lowest BCUT2D eigenvalue weighted by Crippen LogP contribution is -2.14. The van der Waals surface area contributed by atoms with Gasteiger partial charge in [-0.2, -0.15) is 0 Å². The van der Waals surface area contributed by atoms with Gasteiger partial charge in [0.15, 0.2) is 0 Å². The topological polar surface area (TPSA) is 37.3 Å². The second kappa shape index (κ2) is 10.7. The Balaban J connectivity index is 2.24. The number of hydrogen-bond donors (Lipinski definition) is 1. The van der Waals surface area contributed by atoms with Crippen LogP contribution in [0.5, 0.6) is 0 Å². The van der Waals surface area contributed by atoms with Crippen LogP contribution in [0.15, 0.2) is 24.3 Å². The molecule has 2 heteroatoms. The van der Waals surface area contributed by atoms with Gasteiger partial charge in [-0.05, 0) is 50.4 Å². The highest BCUT2D eigenvalue weighted by Gasteiger charge is 2.18. The Labute approximate surface area is 125 Å². The van der Waals surface area contributed by atoms with E-state index in [-0.39, 0.29) is 6.42 Å². The first kappa shape index (κ1) is 15.3. The van der Waals surface area contributed by atoms with Gasteiger partial charge in [0.05, 0.1) is 1.37 Å². The highest BCUT2D eigenvalue weighted by Crippen LogP contribution is 2.30. The molecule has 2 atom stereocenters. The quantitative estimate of drug-likeness (QED) is 0.432. The van der Waals surface area contributed by atoms with Crippen LogP contribution in [-0.4, -0.2) is 11.1 Å². The van der Waals surface area contributed by atoms with Crippen molar-refractivity contribution in [2.75, 3.05) is 0 Å². The average Bonchev–Trinajstić information content (AvgIpc) is 2.46. The largest absolute Gasteiger partial charge is 0.481 e. The molecule has 0 bridgehead atoms. The van der Waals surface area contributed by atoms with Crippen molar-refractivity contribution in [3.8, 4) is 0 Å². The van der Waals surface area contributed by atoms with Crippen molar-refractivity contribution in [3.63, 3.8) is 0 Å². The number of rotatable bonds is 10. The van der Waals surface area contributed by atoms with Crippen molar-refractivity contribution in [2.45, 2.75) is 71.1 Å². The maximum atomic E-state index is 10.4. The van der Waals surface area contributed by atoms with E-state index in [0.29, 0.717) is 11.8 Å². The number of carbonyl (C=O) groups is 1. The van der Waals surface area contributed by atoms with Gasteiger partial charge >= 0.3 is 5.97 Å². The van der Waals surface area contributed by atoms with Crippen LogP contribution < -0.4 is 0 Å². The van der Waals surface area contributed by atoms with Crippen LogP contribution in [0.1, 0.15) is 72.5 Å². The maximum absolute atomic E-state index is 10.4. The zero-order valence-corrected chi connectivity index (χ0v) is 12.8. The smallest absolute Gasteiger partial charge is 0.303 e. The number of allylic oxidation sites excluding steroid dienone is 4. The molecule has 0 saturated carbocycles. The van der Waals surface area contributed by atoms with Gasteiger partial charge in [-0.3, -0.25) is 4.79 Å². The molecule has 0 fully saturated rings. The minimum Gasteiger partial charge on any atom is -0.481 e.